The van der Waals surface area contributed by atoms with E-state index in [0.29, 0.717) is 6.29 Å². The van der Waals surface area contributed by atoms with Crippen molar-refractivity contribution in [1.29, 1.82) is 0 Å². The van der Waals surface area contributed by atoms with Gasteiger partial charge in [-0.2, -0.15) is 0 Å². The van der Waals surface area contributed by atoms with Gasteiger partial charge in [0.05, 0.1) is 10.5 Å². The van der Waals surface area contributed by atoms with E-state index in [1.165, 1.54) is 29.1 Å². The molecule has 20 heavy (non-hydrogen) atoms. The standard InChI is InChI=1S/C8H7N.C7H5NO3/c1-2-4-8-7(3-1)5-6-9-8;9-5-6-3-1-2-4-7(6)8(10)11/h1-6,9H;1-5H. The van der Waals surface area contributed by atoms with Crippen LogP contribution in [-0.4, -0.2) is 16.2 Å². The van der Waals surface area contributed by atoms with Crippen LogP contribution < -0.4 is 0 Å². The highest BCUT2D eigenvalue weighted by Gasteiger charge is 2.09. The highest BCUT2D eigenvalue weighted by molar-refractivity contribution is 5.81. The van der Waals surface area contributed by atoms with Crippen molar-refractivity contribution in [3.63, 3.8) is 0 Å². The number of nitro groups is 1. The van der Waals surface area contributed by atoms with Crippen LogP contribution >= 0.6 is 0 Å². The number of fused-ring (bicyclic) bond motifs is 1. The van der Waals surface area contributed by atoms with Crippen LogP contribution in [0, 0.1) is 10.1 Å². The SMILES string of the molecule is O=Cc1ccccc1[N+](=O)[O-].c1ccc2[nH]ccc2c1. The normalized spacial score (nSPS) is 9.60. The van der Waals surface area contributed by atoms with E-state index in [9.17, 15) is 14.9 Å². The van der Waals surface area contributed by atoms with E-state index in [2.05, 4.69) is 23.2 Å². The Morgan fingerprint density at radius 1 is 1.00 bits per heavy atom. The van der Waals surface area contributed by atoms with E-state index in [4.69, 9.17) is 0 Å². The lowest BCUT2D eigenvalue weighted by atomic mass is 10.2. The molecule has 0 fully saturated rings. The van der Waals surface area contributed by atoms with Crippen LogP contribution in [0.25, 0.3) is 10.9 Å². The van der Waals surface area contributed by atoms with Gasteiger partial charge in [0.2, 0.25) is 0 Å². The van der Waals surface area contributed by atoms with Crippen LogP contribution in [0.5, 0.6) is 0 Å². The van der Waals surface area contributed by atoms with Gasteiger partial charge in [0.1, 0.15) is 0 Å². The predicted octanol–water partition coefficient (Wildman–Crippen LogP) is 3.58. The van der Waals surface area contributed by atoms with E-state index in [0.717, 1.165) is 0 Å². The number of para-hydroxylation sites is 2. The molecule has 3 aromatic rings. The Labute approximate surface area is 115 Å². The summed E-state index contributed by atoms with van der Waals surface area (Å²) in [4.78, 5) is 23.0. The molecular formula is C15H12N2O3. The first-order chi connectivity index (χ1) is 9.72. The Morgan fingerprint density at radius 2 is 1.70 bits per heavy atom. The molecule has 3 rings (SSSR count). The molecule has 0 amide bonds. The number of aromatic nitrogens is 1. The number of carbonyl (C=O) groups is 1. The maximum atomic E-state index is 10.2. The van der Waals surface area contributed by atoms with Crippen molar-refractivity contribution < 1.29 is 9.72 Å². The molecule has 1 heterocycles. The number of nitro benzene ring substituents is 1. The van der Waals surface area contributed by atoms with E-state index >= 15 is 0 Å². The van der Waals surface area contributed by atoms with Crippen molar-refractivity contribution in [1.82, 2.24) is 4.98 Å². The van der Waals surface area contributed by atoms with Crippen LogP contribution in [0.2, 0.25) is 0 Å². The van der Waals surface area contributed by atoms with Gasteiger partial charge in [0, 0.05) is 17.8 Å². The van der Waals surface area contributed by atoms with Gasteiger partial charge in [0.25, 0.3) is 5.69 Å². The smallest absolute Gasteiger partial charge is 0.279 e. The summed E-state index contributed by atoms with van der Waals surface area (Å²) in [6.07, 6.45) is 2.42. The summed E-state index contributed by atoms with van der Waals surface area (Å²) in [6, 6.07) is 16.1. The van der Waals surface area contributed by atoms with Gasteiger partial charge in [0.15, 0.2) is 6.29 Å². The summed E-state index contributed by atoms with van der Waals surface area (Å²) < 4.78 is 0. The number of H-pyrrole nitrogens is 1. The zero-order chi connectivity index (χ0) is 14.4. The minimum atomic E-state index is -0.580. The number of hydrogen-bond donors (Lipinski definition) is 1. The highest BCUT2D eigenvalue weighted by Crippen LogP contribution is 2.14. The first kappa shape index (κ1) is 13.5. The number of aldehydes is 1. The molecule has 0 unspecified atom stereocenters. The summed E-state index contributed by atoms with van der Waals surface area (Å²) in [5.41, 5.74) is 1.16. The van der Waals surface area contributed by atoms with Crippen LogP contribution in [0.15, 0.2) is 60.8 Å². The number of carbonyl (C=O) groups excluding carboxylic acids is 1. The number of aromatic amines is 1. The molecule has 0 aliphatic carbocycles. The largest absolute Gasteiger partial charge is 0.361 e. The molecule has 5 nitrogen and oxygen atoms in total. The molecule has 100 valence electrons. The molecule has 0 saturated carbocycles. The van der Waals surface area contributed by atoms with E-state index in [-0.39, 0.29) is 11.3 Å². The number of benzene rings is 2. The molecule has 0 saturated heterocycles. The third kappa shape index (κ3) is 3.08. The summed E-state index contributed by atoms with van der Waals surface area (Å²) in [5, 5.41) is 11.5. The average Bonchev–Trinajstić information content (AvgIpc) is 2.96. The summed E-state index contributed by atoms with van der Waals surface area (Å²) in [5.74, 6) is 0. The predicted molar refractivity (Wildman–Crippen MR) is 76.8 cm³/mol. The van der Waals surface area contributed by atoms with Crippen molar-refractivity contribution >= 4 is 22.9 Å². The Morgan fingerprint density at radius 3 is 2.35 bits per heavy atom. The van der Waals surface area contributed by atoms with Gasteiger partial charge in [-0.3, -0.25) is 14.9 Å². The summed E-state index contributed by atoms with van der Waals surface area (Å²) in [6.45, 7) is 0. The Bertz CT molecular complexity index is 704. The fourth-order valence-corrected chi connectivity index (χ4v) is 1.75. The maximum absolute atomic E-state index is 10.2. The van der Waals surface area contributed by atoms with E-state index in [1.807, 2.05) is 18.3 Å². The van der Waals surface area contributed by atoms with E-state index < -0.39 is 4.92 Å². The third-order valence-electron chi connectivity index (χ3n) is 2.72. The molecule has 5 heteroatoms. The quantitative estimate of drug-likeness (QED) is 0.438. The summed E-state index contributed by atoms with van der Waals surface area (Å²) >= 11 is 0. The van der Waals surface area contributed by atoms with Crippen LogP contribution in [0.1, 0.15) is 10.4 Å². The van der Waals surface area contributed by atoms with E-state index in [1.54, 1.807) is 6.07 Å². The van der Waals surface area contributed by atoms with Gasteiger partial charge in [-0.05, 0) is 23.6 Å². The van der Waals surface area contributed by atoms with Crippen molar-refractivity contribution in [2.24, 2.45) is 0 Å². The molecule has 0 aliphatic heterocycles. The molecule has 1 aromatic heterocycles. The molecule has 2 aromatic carbocycles. The minimum Gasteiger partial charge on any atom is -0.361 e. The number of nitrogens with one attached hydrogen (secondary N) is 1. The topological polar surface area (TPSA) is 76.0 Å². The molecule has 0 radical (unpaired) electrons. The molecule has 0 aliphatic rings. The fraction of sp³-hybridized carbons (Fsp3) is 0. The lowest BCUT2D eigenvalue weighted by molar-refractivity contribution is -0.385. The Kier molecular flexibility index (Phi) is 4.24. The van der Waals surface area contributed by atoms with Crippen molar-refractivity contribution in [3.8, 4) is 0 Å². The fourth-order valence-electron chi connectivity index (χ4n) is 1.75. The number of nitrogens with zero attached hydrogens (tertiary/aromatic N) is 1. The zero-order valence-electron chi connectivity index (χ0n) is 10.5. The number of rotatable bonds is 2. The lowest BCUT2D eigenvalue weighted by Gasteiger charge is -1.91. The second-order valence-corrected chi connectivity index (χ2v) is 4.00. The maximum Gasteiger partial charge on any atom is 0.279 e. The minimum absolute atomic E-state index is 0.109. The highest BCUT2D eigenvalue weighted by atomic mass is 16.6. The molecule has 1 N–H and O–H groups in total. The lowest BCUT2D eigenvalue weighted by Crippen LogP contribution is -1.92. The van der Waals surface area contributed by atoms with Crippen LogP contribution in [0.4, 0.5) is 5.69 Å². The molecule has 0 bridgehead atoms. The molecule has 0 atom stereocenters. The molecule has 0 spiro atoms. The zero-order valence-corrected chi connectivity index (χ0v) is 10.5. The van der Waals surface area contributed by atoms with Crippen molar-refractivity contribution in [2.45, 2.75) is 0 Å². The van der Waals surface area contributed by atoms with Gasteiger partial charge >= 0.3 is 0 Å². The van der Waals surface area contributed by atoms with Gasteiger partial charge in [-0.15, -0.1) is 0 Å². The van der Waals surface area contributed by atoms with Crippen LogP contribution in [-0.2, 0) is 0 Å². The summed E-state index contributed by atoms with van der Waals surface area (Å²) in [7, 11) is 0. The second-order valence-electron chi connectivity index (χ2n) is 4.00. The van der Waals surface area contributed by atoms with Crippen molar-refractivity contribution in [3.05, 3.63) is 76.5 Å². The Hall–Kier alpha value is -2.95. The second kappa shape index (κ2) is 6.29. The van der Waals surface area contributed by atoms with Crippen LogP contribution in [0.3, 0.4) is 0 Å². The monoisotopic (exact) mass is 268 g/mol. The average molecular weight is 268 g/mol. The number of hydrogen-bond acceptors (Lipinski definition) is 3. The third-order valence-corrected chi connectivity index (χ3v) is 2.72. The first-order valence-electron chi connectivity index (χ1n) is 5.93. The molecular weight excluding hydrogens is 256 g/mol. The Balaban J connectivity index is 0.000000149. The first-order valence-corrected chi connectivity index (χ1v) is 5.93. The van der Waals surface area contributed by atoms with Gasteiger partial charge < -0.3 is 4.98 Å². The van der Waals surface area contributed by atoms with Gasteiger partial charge in [-0.25, -0.2) is 0 Å². The van der Waals surface area contributed by atoms with Gasteiger partial charge in [-0.1, -0.05) is 30.3 Å². The van der Waals surface area contributed by atoms with Crippen molar-refractivity contribution in [2.75, 3.05) is 0 Å².